The first-order valence-electron chi connectivity index (χ1n) is 7.09. The monoisotopic (exact) mass is 322 g/mol. The van der Waals surface area contributed by atoms with Gasteiger partial charge in [0.05, 0.1) is 31.1 Å². The number of carbonyl (C=O) groups is 1. The molecular weight excluding hydrogens is 303 g/mol. The highest BCUT2D eigenvalue weighted by molar-refractivity contribution is 5.88. The van der Waals surface area contributed by atoms with E-state index in [0.717, 1.165) is 0 Å². The zero-order chi connectivity index (χ0) is 16.7. The quantitative estimate of drug-likeness (QED) is 0.721. The van der Waals surface area contributed by atoms with Crippen molar-refractivity contribution in [2.45, 2.75) is 12.6 Å². The number of rotatable bonds is 7. The molecule has 124 valence electrons. The number of anilines is 1. The smallest absolute Gasteiger partial charge is 0.319 e. The molecule has 0 saturated carbocycles. The van der Waals surface area contributed by atoms with Crippen LogP contribution in [0.3, 0.4) is 0 Å². The highest BCUT2D eigenvalue weighted by atomic mass is 19.1. The van der Waals surface area contributed by atoms with Crippen molar-refractivity contribution in [3.63, 3.8) is 0 Å². The molecule has 0 bridgehead atoms. The molecule has 0 spiro atoms. The minimum atomic E-state index is -1.12. The van der Waals surface area contributed by atoms with Gasteiger partial charge in [-0.05, 0) is 6.07 Å². The summed E-state index contributed by atoms with van der Waals surface area (Å²) in [5.41, 5.74) is 0.652. The van der Waals surface area contributed by atoms with Crippen LogP contribution in [0, 0.1) is 5.82 Å². The molecule has 1 aromatic carbocycles. The van der Waals surface area contributed by atoms with Gasteiger partial charge in [0.1, 0.15) is 5.82 Å². The van der Waals surface area contributed by atoms with E-state index in [0.29, 0.717) is 18.8 Å². The van der Waals surface area contributed by atoms with E-state index < -0.39 is 18.0 Å². The lowest BCUT2D eigenvalue weighted by atomic mass is 10.1. The standard InChI is InChI=1S/C15H19FN4O3/c1-23-7-6-20-10-11(8-18-20)19-15(22)17-9-14(21)12-4-2-3-5-13(12)16/h2-5,8,10,14,21H,6-7,9H2,1H3,(H2,17,19,22). The van der Waals surface area contributed by atoms with E-state index in [1.807, 2.05) is 0 Å². The number of halogens is 1. The zero-order valence-electron chi connectivity index (χ0n) is 12.7. The second-order valence-corrected chi connectivity index (χ2v) is 4.86. The summed E-state index contributed by atoms with van der Waals surface area (Å²) in [4.78, 5) is 11.8. The van der Waals surface area contributed by atoms with Crippen LogP contribution in [0.1, 0.15) is 11.7 Å². The number of methoxy groups -OCH3 is 1. The normalized spacial score (nSPS) is 12.0. The average Bonchev–Trinajstić information content (AvgIpc) is 2.98. The molecule has 0 saturated heterocycles. The van der Waals surface area contributed by atoms with Gasteiger partial charge in [0.25, 0.3) is 0 Å². The van der Waals surface area contributed by atoms with E-state index in [1.54, 1.807) is 24.1 Å². The van der Waals surface area contributed by atoms with Crippen molar-refractivity contribution < 1.29 is 19.0 Å². The van der Waals surface area contributed by atoms with Crippen molar-refractivity contribution in [1.82, 2.24) is 15.1 Å². The van der Waals surface area contributed by atoms with Crippen molar-refractivity contribution in [1.29, 1.82) is 0 Å². The Balaban J connectivity index is 1.81. The Kier molecular flexibility index (Phi) is 6.07. The van der Waals surface area contributed by atoms with E-state index in [1.165, 1.54) is 24.4 Å². The predicted molar refractivity (Wildman–Crippen MR) is 82.5 cm³/mol. The first-order valence-corrected chi connectivity index (χ1v) is 7.09. The van der Waals surface area contributed by atoms with Gasteiger partial charge in [-0.3, -0.25) is 4.68 Å². The van der Waals surface area contributed by atoms with Crippen LogP contribution in [0.15, 0.2) is 36.7 Å². The minimum Gasteiger partial charge on any atom is -0.386 e. The number of aromatic nitrogens is 2. The number of amides is 2. The van der Waals surface area contributed by atoms with E-state index in [4.69, 9.17) is 4.74 Å². The summed E-state index contributed by atoms with van der Waals surface area (Å²) in [5.74, 6) is -0.512. The summed E-state index contributed by atoms with van der Waals surface area (Å²) in [6.45, 7) is 0.985. The lowest BCUT2D eigenvalue weighted by Gasteiger charge is -2.13. The van der Waals surface area contributed by atoms with Gasteiger partial charge in [-0.25, -0.2) is 9.18 Å². The molecule has 3 N–H and O–H groups in total. The van der Waals surface area contributed by atoms with E-state index in [2.05, 4.69) is 15.7 Å². The van der Waals surface area contributed by atoms with Crippen molar-refractivity contribution in [3.05, 3.63) is 48.0 Å². The second kappa shape index (κ2) is 8.25. The molecular formula is C15H19FN4O3. The zero-order valence-corrected chi connectivity index (χ0v) is 12.7. The van der Waals surface area contributed by atoms with E-state index >= 15 is 0 Å². The topological polar surface area (TPSA) is 88.4 Å². The Hall–Kier alpha value is -2.45. The number of aliphatic hydroxyl groups is 1. The van der Waals surface area contributed by atoms with Crippen LogP contribution in [0.2, 0.25) is 0 Å². The third kappa shape index (κ3) is 5.04. The number of aliphatic hydroxyl groups excluding tert-OH is 1. The number of hydrogen-bond acceptors (Lipinski definition) is 4. The number of nitrogens with one attached hydrogen (secondary N) is 2. The SMILES string of the molecule is COCCn1cc(NC(=O)NCC(O)c2ccccc2F)cn1. The first-order chi connectivity index (χ1) is 11.1. The molecule has 1 atom stereocenters. The van der Waals surface area contributed by atoms with Gasteiger partial charge >= 0.3 is 6.03 Å². The maximum absolute atomic E-state index is 13.5. The molecule has 2 amide bonds. The van der Waals surface area contributed by atoms with Crippen LogP contribution in [-0.2, 0) is 11.3 Å². The van der Waals surface area contributed by atoms with E-state index in [9.17, 15) is 14.3 Å². The van der Waals surface area contributed by atoms with Crippen molar-refractivity contribution in [2.75, 3.05) is 25.6 Å². The van der Waals surface area contributed by atoms with Crippen LogP contribution < -0.4 is 10.6 Å². The Morgan fingerprint density at radius 2 is 2.26 bits per heavy atom. The number of urea groups is 1. The highest BCUT2D eigenvalue weighted by Crippen LogP contribution is 2.15. The van der Waals surface area contributed by atoms with E-state index in [-0.39, 0.29) is 12.1 Å². The summed E-state index contributed by atoms with van der Waals surface area (Å²) < 4.78 is 20.1. The summed E-state index contributed by atoms with van der Waals surface area (Å²) in [7, 11) is 1.59. The Bertz CT molecular complexity index is 647. The molecule has 0 aliphatic carbocycles. The molecule has 0 aliphatic rings. The summed E-state index contributed by atoms with van der Waals surface area (Å²) in [6.07, 6.45) is 2.04. The number of nitrogens with zero attached hydrogens (tertiary/aromatic N) is 2. The Labute approximate surface area is 133 Å². The molecule has 0 radical (unpaired) electrons. The molecule has 23 heavy (non-hydrogen) atoms. The summed E-state index contributed by atoms with van der Waals surface area (Å²) in [5, 5.41) is 19.0. The summed E-state index contributed by atoms with van der Waals surface area (Å²) in [6, 6.07) is 5.38. The van der Waals surface area contributed by atoms with Gasteiger partial charge < -0.3 is 20.5 Å². The average molecular weight is 322 g/mol. The Morgan fingerprint density at radius 1 is 1.48 bits per heavy atom. The van der Waals surface area contributed by atoms with Crippen molar-refractivity contribution >= 4 is 11.7 Å². The van der Waals surface area contributed by atoms with Gasteiger partial charge in [0, 0.05) is 25.4 Å². The maximum atomic E-state index is 13.5. The van der Waals surface area contributed by atoms with Gasteiger partial charge in [0.15, 0.2) is 0 Å². The fourth-order valence-corrected chi connectivity index (χ4v) is 1.96. The van der Waals surface area contributed by atoms with Gasteiger partial charge in [-0.1, -0.05) is 18.2 Å². The molecule has 0 fully saturated rings. The van der Waals surface area contributed by atoms with Crippen LogP contribution in [0.25, 0.3) is 0 Å². The fourth-order valence-electron chi connectivity index (χ4n) is 1.96. The third-order valence-electron chi connectivity index (χ3n) is 3.14. The van der Waals surface area contributed by atoms with Crippen molar-refractivity contribution in [2.24, 2.45) is 0 Å². The number of benzene rings is 1. The molecule has 1 aromatic heterocycles. The molecule has 1 heterocycles. The molecule has 2 aromatic rings. The van der Waals surface area contributed by atoms with Crippen LogP contribution in [-0.4, -0.2) is 41.2 Å². The lowest BCUT2D eigenvalue weighted by molar-refractivity contribution is 0.170. The van der Waals surface area contributed by atoms with Gasteiger partial charge in [0.2, 0.25) is 0 Å². The third-order valence-corrected chi connectivity index (χ3v) is 3.14. The highest BCUT2D eigenvalue weighted by Gasteiger charge is 2.13. The number of ether oxygens (including phenoxy) is 1. The lowest BCUT2D eigenvalue weighted by Crippen LogP contribution is -2.32. The Morgan fingerprint density at radius 3 is 3.00 bits per heavy atom. The van der Waals surface area contributed by atoms with Gasteiger partial charge in [-0.2, -0.15) is 5.10 Å². The molecule has 1 unspecified atom stereocenters. The van der Waals surface area contributed by atoms with Crippen LogP contribution in [0.5, 0.6) is 0 Å². The molecule has 7 nitrogen and oxygen atoms in total. The maximum Gasteiger partial charge on any atom is 0.319 e. The van der Waals surface area contributed by atoms with Gasteiger partial charge in [-0.15, -0.1) is 0 Å². The minimum absolute atomic E-state index is 0.107. The summed E-state index contributed by atoms with van der Waals surface area (Å²) >= 11 is 0. The number of hydrogen-bond donors (Lipinski definition) is 3. The molecule has 8 heteroatoms. The largest absolute Gasteiger partial charge is 0.386 e. The van der Waals surface area contributed by atoms with Crippen LogP contribution >= 0.6 is 0 Å². The van der Waals surface area contributed by atoms with Crippen molar-refractivity contribution in [3.8, 4) is 0 Å². The predicted octanol–water partition coefficient (Wildman–Crippen LogP) is 1.52. The first kappa shape index (κ1) is 16.9. The second-order valence-electron chi connectivity index (χ2n) is 4.86. The number of carbonyl (C=O) groups excluding carboxylic acids is 1. The fraction of sp³-hybridized carbons (Fsp3) is 0.333. The molecule has 0 aliphatic heterocycles. The molecule has 2 rings (SSSR count). The van der Waals surface area contributed by atoms with Crippen LogP contribution in [0.4, 0.5) is 14.9 Å².